The zero-order chi connectivity index (χ0) is 14.6. The molecular formula is C15H26N2O3. The summed E-state index contributed by atoms with van der Waals surface area (Å²) in [5.41, 5.74) is -0.738. The molecule has 2 aliphatic carbocycles. The molecule has 20 heavy (non-hydrogen) atoms. The Hall–Kier alpha value is -1.26. The Morgan fingerprint density at radius 2 is 1.85 bits per heavy atom. The van der Waals surface area contributed by atoms with E-state index < -0.39 is 11.4 Å². The van der Waals surface area contributed by atoms with Crippen LogP contribution in [-0.4, -0.2) is 30.2 Å². The van der Waals surface area contributed by atoms with Crippen LogP contribution in [0.15, 0.2) is 0 Å². The first-order chi connectivity index (χ1) is 9.53. The van der Waals surface area contributed by atoms with Crippen molar-refractivity contribution in [2.45, 2.75) is 51.9 Å². The van der Waals surface area contributed by atoms with Crippen LogP contribution < -0.4 is 10.6 Å². The maximum Gasteiger partial charge on any atom is 0.314 e. The number of aliphatic carboxylic acids is 1. The highest BCUT2D eigenvalue weighted by Gasteiger charge is 2.41. The SMILES string of the molecule is CC1CCCC1CNC(=O)NCC1(C(=O)O)CCCC1. The van der Waals surface area contributed by atoms with E-state index in [9.17, 15) is 14.7 Å². The van der Waals surface area contributed by atoms with Crippen LogP contribution >= 0.6 is 0 Å². The van der Waals surface area contributed by atoms with E-state index in [-0.39, 0.29) is 12.6 Å². The second-order valence-corrected chi connectivity index (χ2v) is 6.52. The highest BCUT2D eigenvalue weighted by Crippen LogP contribution is 2.37. The minimum absolute atomic E-state index is 0.225. The number of hydrogen-bond acceptors (Lipinski definition) is 2. The van der Waals surface area contributed by atoms with Gasteiger partial charge in [0.25, 0.3) is 0 Å². The Labute approximate surface area is 120 Å². The molecule has 0 saturated heterocycles. The molecule has 0 bridgehead atoms. The first-order valence-electron chi connectivity index (χ1n) is 7.79. The molecule has 2 amide bonds. The molecule has 2 unspecified atom stereocenters. The lowest BCUT2D eigenvalue weighted by molar-refractivity contribution is -0.148. The van der Waals surface area contributed by atoms with Crippen molar-refractivity contribution in [3.05, 3.63) is 0 Å². The number of carbonyl (C=O) groups excluding carboxylic acids is 1. The van der Waals surface area contributed by atoms with Crippen LogP contribution in [0.3, 0.4) is 0 Å². The van der Waals surface area contributed by atoms with E-state index in [1.54, 1.807) is 0 Å². The Bertz CT molecular complexity index is 364. The summed E-state index contributed by atoms with van der Waals surface area (Å²) in [6.45, 7) is 3.18. The summed E-state index contributed by atoms with van der Waals surface area (Å²) in [4.78, 5) is 23.2. The lowest BCUT2D eigenvalue weighted by Gasteiger charge is -2.24. The first-order valence-corrected chi connectivity index (χ1v) is 7.79. The van der Waals surface area contributed by atoms with Crippen molar-refractivity contribution in [1.29, 1.82) is 0 Å². The lowest BCUT2D eigenvalue weighted by Crippen LogP contribution is -2.46. The van der Waals surface area contributed by atoms with Crippen LogP contribution in [0.2, 0.25) is 0 Å². The summed E-state index contributed by atoms with van der Waals surface area (Å²) in [7, 11) is 0. The summed E-state index contributed by atoms with van der Waals surface area (Å²) in [6.07, 6.45) is 6.89. The predicted octanol–water partition coefficient (Wildman–Crippen LogP) is 2.37. The third-order valence-electron chi connectivity index (χ3n) is 5.17. The molecule has 114 valence electrons. The van der Waals surface area contributed by atoms with Crippen molar-refractivity contribution in [3.8, 4) is 0 Å². The number of nitrogens with one attached hydrogen (secondary N) is 2. The molecule has 2 fully saturated rings. The fourth-order valence-electron chi connectivity index (χ4n) is 3.58. The van der Waals surface area contributed by atoms with Gasteiger partial charge in [0.2, 0.25) is 0 Å². The highest BCUT2D eigenvalue weighted by molar-refractivity contribution is 5.78. The van der Waals surface area contributed by atoms with Gasteiger partial charge in [-0.3, -0.25) is 4.79 Å². The molecule has 0 aromatic carbocycles. The summed E-state index contributed by atoms with van der Waals surface area (Å²) in [5.74, 6) is 0.468. The highest BCUT2D eigenvalue weighted by atomic mass is 16.4. The number of amides is 2. The lowest BCUT2D eigenvalue weighted by atomic mass is 9.86. The van der Waals surface area contributed by atoms with E-state index in [1.165, 1.54) is 19.3 Å². The number of carbonyl (C=O) groups is 2. The zero-order valence-corrected chi connectivity index (χ0v) is 12.3. The number of hydrogen-bond donors (Lipinski definition) is 3. The van der Waals surface area contributed by atoms with Crippen molar-refractivity contribution in [1.82, 2.24) is 10.6 Å². The van der Waals surface area contributed by atoms with Crippen molar-refractivity contribution in [2.24, 2.45) is 17.3 Å². The Morgan fingerprint density at radius 1 is 1.15 bits per heavy atom. The van der Waals surface area contributed by atoms with Gasteiger partial charge in [0.05, 0.1) is 5.41 Å². The van der Waals surface area contributed by atoms with Gasteiger partial charge >= 0.3 is 12.0 Å². The van der Waals surface area contributed by atoms with Crippen LogP contribution in [0.5, 0.6) is 0 Å². The van der Waals surface area contributed by atoms with Crippen LogP contribution in [-0.2, 0) is 4.79 Å². The summed E-state index contributed by atoms with van der Waals surface area (Å²) >= 11 is 0. The smallest absolute Gasteiger partial charge is 0.314 e. The molecule has 2 atom stereocenters. The topological polar surface area (TPSA) is 78.4 Å². The third-order valence-corrected chi connectivity index (χ3v) is 5.17. The molecule has 0 aromatic rings. The minimum Gasteiger partial charge on any atom is -0.481 e. The largest absolute Gasteiger partial charge is 0.481 e. The van der Waals surface area contributed by atoms with Crippen LogP contribution in [0.25, 0.3) is 0 Å². The van der Waals surface area contributed by atoms with E-state index >= 15 is 0 Å². The van der Waals surface area contributed by atoms with E-state index in [2.05, 4.69) is 17.6 Å². The molecule has 5 heteroatoms. The Kier molecular flexibility index (Phi) is 4.89. The van der Waals surface area contributed by atoms with Gasteiger partial charge in [-0.2, -0.15) is 0 Å². The van der Waals surface area contributed by atoms with Gasteiger partial charge in [0.15, 0.2) is 0 Å². The van der Waals surface area contributed by atoms with Gasteiger partial charge in [0.1, 0.15) is 0 Å². The minimum atomic E-state index is -0.778. The van der Waals surface area contributed by atoms with Crippen LogP contribution in [0.4, 0.5) is 4.79 Å². The summed E-state index contributed by atoms with van der Waals surface area (Å²) in [5, 5.41) is 15.0. The van der Waals surface area contributed by atoms with E-state index in [4.69, 9.17) is 0 Å². The van der Waals surface area contributed by atoms with Crippen LogP contribution in [0, 0.1) is 17.3 Å². The Balaban J connectivity index is 1.73. The third kappa shape index (κ3) is 3.44. The monoisotopic (exact) mass is 282 g/mol. The average Bonchev–Trinajstić information content (AvgIpc) is 3.04. The molecule has 0 radical (unpaired) electrons. The van der Waals surface area contributed by atoms with Crippen molar-refractivity contribution >= 4 is 12.0 Å². The molecule has 5 nitrogen and oxygen atoms in total. The molecule has 2 rings (SSSR count). The molecule has 0 spiro atoms. The molecule has 0 heterocycles. The van der Waals surface area contributed by atoms with E-state index in [0.29, 0.717) is 31.2 Å². The Morgan fingerprint density at radius 3 is 2.40 bits per heavy atom. The molecule has 2 aliphatic rings. The van der Waals surface area contributed by atoms with Gasteiger partial charge in [-0.05, 0) is 31.1 Å². The average molecular weight is 282 g/mol. The normalized spacial score (nSPS) is 28.2. The van der Waals surface area contributed by atoms with Crippen molar-refractivity contribution < 1.29 is 14.7 Å². The predicted molar refractivity (Wildman–Crippen MR) is 76.4 cm³/mol. The fourth-order valence-corrected chi connectivity index (χ4v) is 3.58. The van der Waals surface area contributed by atoms with Gasteiger partial charge in [-0.1, -0.05) is 32.6 Å². The quantitative estimate of drug-likeness (QED) is 0.724. The van der Waals surface area contributed by atoms with Gasteiger partial charge in [0, 0.05) is 13.1 Å². The van der Waals surface area contributed by atoms with Gasteiger partial charge in [-0.15, -0.1) is 0 Å². The van der Waals surface area contributed by atoms with E-state index in [0.717, 1.165) is 12.8 Å². The molecule has 0 aromatic heterocycles. The molecule has 0 aliphatic heterocycles. The fraction of sp³-hybridized carbons (Fsp3) is 0.867. The summed E-state index contributed by atoms with van der Waals surface area (Å²) < 4.78 is 0. The number of carboxylic acids is 1. The zero-order valence-electron chi connectivity index (χ0n) is 12.3. The standard InChI is InChI=1S/C15H26N2O3/c1-11-5-4-6-12(11)9-16-14(20)17-10-15(13(18)19)7-2-3-8-15/h11-12H,2-10H2,1H3,(H,18,19)(H2,16,17,20). The maximum absolute atomic E-state index is 11.8. The number of rotatable bonds is 5. The van der Waals surface area contributed by atoms with Gasteiger partial charge < -0.3 is 15.7 Å². The van der Waals surface area contributed by atoms with Crippen molar-refractivity contribution in [3.63, 3.8) is 0 Å². The van der Waals surface area contributed by atoms with E-state index in [1.807, 2.05) is 0 Å². The van der Waals surface area contributed by atoms with Crippen LogP contribution in [0.1, 0.15) is 51.9 Å². The number of urea groups is 1. The molecule has 2 saturated carbocycles. The maximum atomic E-state index is 11.8. The first kappa shape index (κ1) is 15.1. The molecule has 3 N–H and O–H groups in total. The second kappa shape index (κ2) is 6.46. The van der Waals surface area contributed by atoms with Gasteiger partial charge in [-0.25, -0.2) is 4.79 Å². The molecular weight excluding hydrogens is 256 g/mol. The van der Waals surface area contributed by atoms with Crippen molar-refractivity contribution in [2.75, 3.05) is 13.1 Å². The summed E-state index contributed by atoms with van der Waals surface area (Å²) in [6, 6.07) is -0.225. The number of carboxylic acid groups (broad SMARTS) is 1. The second-order valence-electron chi connectivity index (χ2n) is 6.52.